The molecule has 13 heavy (non-hydrogen) atoms. The van der Waals surface area contributed by atoms with E-state index in [1.807, 2.05) is 13.0 Å². The predicted molar refractivity (Wildman–Crippen MR) is 55.9 cm³/mol. The van der Waals surface area contributed by atoms with Gasteiger partial charge in [-0.3, -0.25) is 0 Å². The van der Waals surface area contributed by atoms with Gasteiger partial charge in [0.05, 0.1) is 6.10 Å². The summed E-state index contributed by atoms with van der Waals surface area (Å²) in [4.78, 5) is 0. The molecule has 0 aliphatic carbocycles. The highest BCUT2D eigenvalue weighted by molar-refractivity contribution is 5.33. The molecule has 1 rings (SSSR count). The fourth-order valence-electron chi connectivity index (χ4n) is 1.53. The summed E-state index contributed by atoms with van der Waals surface area (Å²) in [5.41, 5.74) is 3.55. The fraction of sp³-hybridized carbons (Fsp3) is 0.500. The second kappa shape index (κ2) is 3.93. The molecule has 1 heteroatoms. The van der Waals surface area contributed by atoms with Crippen LogP contribution in [0.1, 0.15) is 49.5 Å². The summed E-state index contributed by atoms with van der Waals surface area (Å²) in [6.45, 7) is 8.21. The molecular formula is C12H18O. The van der Waals surface area contributed by atoms with Crippen LogP contribution >= 0.6 is 0 Å². The monoisotopic (exact) mass is 178 g/mol. The van der Waals surface area contributed by atoms with Gasteiger partial charge in [0.1, 0.15) is 0 Å². The third kappa shape index (κ3) is 2.31. The molecule has 0 heterocycles. The molecule has 0 aromatic heterocycles. The Morgan fingerprint density at radius 3 is 2.15 bits per heavy atom. The first-order chi connectivity index (χ1) is 6.02. The third-order valence-electron chi connectivity index (χ3n) is 2.41. The van der Waals surface area contributed by atoms with E-state index < -0.39 is 0 Å². The molecule has 1 N–H and O–H groups in total. The molecule has 0 aliphatic rings. The van der Waals surface area contributed by atoms with Crippen LogP contribution in [0.5, 0.6) is 0 Å². The lowest BCUT2D eigenvalue weighted by molar-refractivity contribution is 0.198. The highest BCUT2D eigenvalue weighted by Crippen LogP contribution is 2.22. The van der Waals surface area contributed by atoms with Crippen molar-refractivity contribution in [2.45, 2.75) is 39.7 Å². The number of rotatable bonds is 2. The first-order valence-electron chi connectivity index (χ1n) is 4.81. The van der Waals surface area contributed by atoms with Crippen LogP contribution in [0.2, 0.25) is 0 Å². The normalized spacial score (nSPS) is 13.4. The van der Waals surface area contributed by atoms with Crippen LogP contribution in [0, 0.1) is 6.92 Å². The predicted octanol–water partition coefficient (Wildman–Crippen LogP) is 3.17. The zero-order valence-electron chi connectivity index (χ0n) is 8.83. The molecule has 0 bridgehead atoms. The van der Waals surface area contributed by atoms with Crippen LogP contribution in [0.3, 0.4) is 0 Å². The third-order valence-corrected chi connectivity index (χ3v) is 2.41. The number of aliphatic hydroxyl groups is 1. The van der Waals surface area contributed by atoms with E-state index >= 15 is 0 Å². The van der Waals surface area contributed by atoms with Crippen LogP contribution < -0.4 is 0 Å². The SMILES string of the molecule is Cc1cc(C(C)C)ccc1C(C)O. The zero-order valence-corrected chi connectivity index (χ0v) is 8.83. The highest BCUT2D eigenvalue weighted by atomic mass is 16.3. The first kappa shape index (κ1) is 10.3. The topological polar surface area (TPSA) is 20.2 Å². The molecule has 0 amide bonds. The van der Waals surface area contributed by atoms with Crippen molar-refractivity contribution in [1.82, 2.24) is 0 Å². The van der Waals surface area contributed by atoms with Crippen molar-refractivity contribution in [3.63, 3.8) is 0 Å². The number of aliphatic hydroxyl groups excluding tert-OH is 1. The van der Waals surface area contributed by atoms with Gasteiger partial charge < -0.3 is 5.11 Å². The number of benzene rings is 1. The fourth-order valence-corrected chi connectivity index (χ4v) is 1.53. The minimum Gasteiger partial charge on any atom is -0.389 e. The Hall–Kier alpha value is -0.820. The number of hydrogen-bond donors (Lipinski definition) is 1. The first-order valence-corrected chi connectivity index (χ1v) is 4.81. The Bertz CT molecular complexity index is 287. The Kier molecular flexibility index (Phi) is 3.10. The van der Waals surface area contributed by atoms with Crippen molar-refractivity contribution in [2.24, 2.45) is 0 Å². The van der Waals surface area contributed by atoms with Gasteiger partial charge in [-0.25, -0.2) is 0 Å². The largest absolute Gasteiger partial charge is 0.389 e. The maximum atomic E-state index is 9.43. The molecule has 0 aliphatic heterocycles. The molecule has 0 fully saturated rings. The minimum atomic E-state index is -0.360. The van der Waals surface area contributed by atoms with Gasteiger partial charge in [-0.2, -0.15) is 0 Å². The van der Waals surface area contributed by atoms with Gasteiger partial charge in [-0.15, -0.1) is 0 Å². The second-order valence-corrected chi connectivity index (χ2v) is 3.95. The van der Waals surface area contributed by atoms with Crippen LogP contribution in [0.15, 0.2) is 18.2 Å². The van der Waals surface area contributed by atoms with E-state index in [-0.39, 0.29) is 6.10 Å². The second-order valence-electron chi connectivity index (χ2n) is 3.95. The van der Waals surface area contributed by atoms with E-state index in [2.05, 4.69) is 26.0 Å². The molecule has 0 radical (unpaired) electrons. The molecule has 0 saturated carbocycles. The van der Waals surface area contributed by atoms with Gasteiger partial charge in [0.2, 0.25) is 0 Å². The summed E-state index contributed by atoms with van der Waals surface area (Å²) in [5, 5.41) is 9.43. The Labute approximate surface area is 80.4 Å². The Morgan fingerprint density at radius 1 is 1.15 bits per heavy atom. The average Bonchev–Trinajstić information content (AvgIpc) is 2.03. The molecular weight excluding hydrogens is 160 g/mol. The molecule has 1 aromatic carbocycles. The van der Waals surface area contributed by atoms with Crippen molar-refractivity contribution in [2.75, 3.05) is 0 Å². The van der Waals surface area contributed by atoms with E-state index in [0.717, 1.165) is 5.56 Å². The smallest absolute Gasteiger partial charge is 0.0764 e. The van der Waals surface area contributed by atoms with Crippen molar-refractivity contribution >= 4 is 0 Å². The van der Waals surface area contributed by atoms with E-state index in [0.29, 0.717) is 5.92 Å². The summed E-state index contributed by atoms with van der Waals surface area (Å²) in [6, 6.07) is 6.28. The quantitative estimate of drug-likeness (QED) is 0.737. The van der Waals surface area contributed by atoms with Crippen molar-refractivity contribution in [3.05, 3.63) is 34.9 Å². The maximum Gasteiger partial charge on any atom is 0.0764 e. The minimum absolute atomic E-state index is 0.360. The molecule has 1 unspecified atom stereocenters. The van der Waals surface area contributed by atoms with E-state index in [9.17, 15) is 5.11 Å². The molecule has 0 spiro atoms. The van der Waals surface area contributed by atoms with Gasteiger partial charge in [0.25, 0.3) is 0 Å². The van der Waals surface area contributed by atoms with Crippen molar-refractivity contribution < 1.29 is 5.11 Å². The van der Waals surface area contributed by atoms with E-state index in [4.69, 9.17) is 0 Å². The highest BCUT2D eigenvalue weighted by Gasteiger charge is 2.06. The summed E-state index contributed by atoms with van der Waals surface area (Å²) >= 11 is 0. The molecule has 1 atom stereocenters. The van der Waals surface area contributed by atoms with E-state index in [1.54, 1.807) is 6.92 Å². The maximum absolute atomic E-state index is 9.43. The lowest BCUT2D eigenvalue weighted by atomic mass is 9.96. The lowest BCUT2D eigenvalue weighted by Gasteiger charge is -2.12. The van der Waals surface area contributed by atoms with Gasteiger partial charge in [-0.1, -0.05) is 32.0 Å². The van der Waals surface area contributed by atoms with Gasteiger partial charge in [-0.05, 0) is 36.5 Å². The lowest BCUT2D eigenvalue weighted by Crippen LogP contribution is -1.97. The van der Waals surface area contributed by atoms with Crippen molar-refractivity contribution in [3.8, 4) is 0 Å². The summed E-state index contributed by atoms with van der Waals surface area (Å²) < 4.78 is 0. The molecule has 1 nitrogen and oxygen atoms in total. The van der Waals surface area contributed by atoms with Crippen LogP contribution in [-0.2, 0) is 0 Å². The summed E-state index contributed by atoms with van der Waals surface area (Å²) in [6.07, 6.45) is -0.360. The van der Waals surface area contributed by atoms with Crippen LogP contribution in [-0.4, -0.2) is 5.11 Å². The average molecular weight is 178 g/mol. The Balaban J connectivity index is 3.06. The van der Waals surface area contributed by atoms with E-state index in [1.165, 1.54) is 11.1 Å². The zero-order chi connectivity index (χ0) is 10.0. The summed E-state index contributed by atoms with van der Waals surface area (Å²) in [5.74, 6) is 0.557. The van der Waals surface area contributed by atoms with Gasteiger partial charge >= 0.3 is 0 Å². The molecule has 1 aromatic rings. The standard InChI is InChI=1S/C12H18O/c1-8(2)11-5-6-12(10(4)13)9(3)7-11/h5-8,10,13H,1-4H3. The molecule has 72 valence electrons. The van der Waals surface area contributed by atoms with Crippen LogP contribution in [0.4, 0.5) is 0 Å². The van der Waals surface area contributed by atoms with Crippen molar-refractivity contribution in [1.29, 1.82) is 0 Å². The van der Waals surface area contributed by atoms with Crippen LogP contribution in [0.25, 0.3) is 0 Å². The number of aryl methyl sites for hydroxylation is 1. The van der Waals surface area contributed by atoms with Gasteiger partial charge in [0, 0.05) is 0 Å². The summed E-state index contributed by atoms with van der Waals surface area (Å²) in [7, 11) is 0. The molecule has 0 saturated heterocycles. The van der Waals surface area contributed by atoms with Gasteiger partial charge in [0.15, 0.2) is 0 Å². The number of hydrogen-bond acceptors (Lipinski definition) is 1. The Morgan fingerprint density at radius 2 is 1.77 bits per heavy atom.